The van der Waals surface area contributed by atoms with Crippen LogP contribution in [0.25, 0.3) is 15.7 Å². The Bertz CT molecular complexity index is 1450. The number of benzene rings is 2. The molecule has 0 saturated carbocycles. The zero-order valence-electron chi connectivity index (χ0n) is 16.1. The second-order valence-electron chi connectivity index (χ2n) is 6.53. The van der Waals surface area contributed by atoms with Gasteiger partial charge in [0.1, 0.15) is 11.1 Å². The molecule has 0 bridgehead atoms. The van der Waals surface area contributed by atoms with Gasteiger partial charge in [-0.25, -0.2) is 13.2 Å². The first-order valence-corrected chi connectivity index (χ1v) is 10.5. The van der Waals surface area contributed by atoms with Crippen molar-refractivity contribution in [2.45, 2.75) is 11.8 Å². The van der Waals surface area contributed by atoms with E-state index in [0.29, 0.717) is 22.4 Å². The first kappa shape index (κ1) is 20.2. The highest BCUT2D eigenvalue weighted by Crippen LogP contribution is 2.25. The van der Waals surface area contributed by atoms with E-state index in [1.54, 1.807) is 37.3 Å². The van der Waals surface area contributed by atoms with Crippen LogP contribution in [0.5, 0.6) is 0 Å². The van der Waals surface area contributed by atoms with E-state index in [9.17, 15) is 18.0 Å². The smallest absolute Gasteiger partial charge is 0.349 e. The molecule has 4 aromatic rings. The van der Waals surface area contributed by atoms with E-state index in [0.717, 1.165) is 0 Å². The molecule has 156 valence electrons. The Hall–Kier alpha value is -4.05. The van der Waals surface area contributed by atoms with Gasteiger partial charge in [0.15, 0.2) is 0 Å². The predicted molar refractivity (Wildman–Crippen MR) is 114 cm³/mol. The third-order valence-electron chi connectivity index (χ3n) is 4.28. The number of carbonyl (C=O) groups excluding carboxylic acids is 1. The number of hydrogen-bond acceptors (Lipinski definition) is 7. The number of nitrogens with one attached hydrogen (secondary N) is 1. The summed E-state index contributed by atoms with van der Waals surface area (Å²) in [6.07, 6.45) is 1.42. The van der Waals surface area contributed by atoms with Crippen LogP contribution in [0.2, 0.25) is 0 Å². The van der Waals surface area contributed by atoms with Gasteiger partial charge in [0.05, 0.1) is 4.90 Å². The molecule has 0 aliphatic rings. The van der Waals surface area contributed by atoms with E-state index in [4.69, 9.17) is 4.42 Å². The molecule has 0 radical (unpaired) electrons. The summed E-state index contributed by atoms with van der Waals surface area (Å²) >= 11 is 0. The third kappa shape index (κ3) is 4.43. The highest BCUT2D eigenvalue weighted by molar-refractivity contribution is 7.94. The Morgan fingerprint density at radius 1 is 1.06 bits per heavy atom. The molecule has 1 amide bonds. The Morgan fingerprint density at radius 2 is 1.81 bits per heavy atom. The Morgan fingerprint density at radius 3 is 2.55 bits per heavy atom. The van der Waals surface area contributed by atoms with Crippen LogP contribution in [0.1, 0.15) is 16.1 Å². The fourth-order valence-corrected chi connectivity index (χ4v) is 3.66. The third-order valence-corrected chi connectivity index (χ3v) is 5.55. The van der Waals surface area contributed by atoms with E-state index in [2.05, 4.69) is 20.0 Å². The van der Waals surface area contributed by atoms with Gasteiger partial charge in [-0.1, -0.05) is 24.3 Å². The largest absolute Gasteiger partial charge is 0.422 e. The lowest BCUT2D eigenvalue weighted by molar-refractivity contribution is 0.102. The summed E-state index contributed by atoms with van der Waals surface area (Å²) < 4.78 is 33.7. The van der Waals surface area contributed by atoms with Gasteiger partial charge in [0.25, 0.3) is 5.91 Å². The van der Waals surface area contributed by atoms with Crippen molar-refractivity contribution in [3.8, 4) is 0 Å². The summed E-state index contributed by atoms with van der Waals surface area (Å²) in [4.78, 5) is 32.3. The van der Waals surface area contributed by atoms with Crippen LogP contribution in [-0.4, -0.2) is 24.3 Å². The molecule has 0 aliphatic carbocycles. The van der Waals surface area contributed by atoms with Crippen LogP contribution in [0.3, 0.4) is 0 Å². The molecule has 2 aromatic heterocycles. The summed E-state index contributed by atoms with van der Waals surface area (Å²) in [5.41, 5.74) is 0.317. The number of sulfonamides is 1. The van der Waals surface area contributed by atoms with Gasteiger partial charge in [-0.3, -0.25) is 9.52 Å². The quantitative estimate of drug-likeness (QED) is 0.474. The number of amides is 1. The van der Waals surface area contributed by atoms with Gasteiger partial charge in [-0.05, 0) is 55.2 Å². The maximum Gasteiger partial charge on any atom is 0.349 e. The Kier molecular flexibility index (Phi) is 5.22. The van der Waals surface area contributed by atoms with Gasteiger partial charge in [0, 0.05) is 17.0 Å². The van der Waals surface area contributed by atoms with E-state index in [1.165, 1.54) is 36.5 Å². The van der Waals surface area contributed by atoms with Gasteiger partial charge >= 0.3 is 5.63 Å². The minimum absolute atomic E-state index is 0.0965. The Labute approximate surface area is 176 Å². The van der Waals surface area contributed by atoms with E-state index in [1.807, 2.05) is 0 Å². The maximum absolute atomic E-state index is 12.5. The number of carbonyl (C=O) groups is 1. The van der Waals surface area contributed by atoms with Gasteiger partial charge < -0.3 is 19.7 Å². The summed E-state index contributed by atoms with van der Waals surface area (Å²) in [5, 5.41) is 3.16. The highest BCUT2D eigenvalue weighted by Gasteiger charge is 2.15. The molecule has 9 nitrogen and oxygen atoms in total. The SMILES string of the molecule is Cc1ccnc([N-]S(=O)(=O)c2ccc(NC(=O)c3cc4ccccc4oc3=O)cc2)n1. The van der Waals surface area contributed by atoms with Crippen molar-refractivity contribution in [3.05, 3.63) is 93.3 Å². The number of fused-ring (bicyclic) bond motifs is 1. The number of anilines is 1. The van der Waals surface area contributed by atoms with Gasteiger partial charge in [-0.2, -0.15) is 0 Å². The van der Waals surface area contributed by atoms with E-state index in [-0.39, 0.29) is 16.4 Å². The summed E-state index contributed by atoms with van der Waals surface area (Å²) in [5.74, 6) is -0.839. The molecule has 0 unspecified atom stereocenters. The fraction of sp³-hybridized carbons (Fsp3) is 0.0476. The topological polar surface area (TPSA) is 133 Å². The standard InChI is InChI=1S/C21H16N4O5S/c1-13-10-11-22-21(23-13)25-31(28,29)16-8-6-15(7-9-16)24-19(26)17-12-14-4-2-3-5-18(14)30-20(17)27/h2-12H,1H3,(H2,22,23,24,25,26)/p-1. The van der Waals surface area contributed by atoms with Crippen molar-refractivity contribution in [1.82, 2.24) is 9.97 Å². The molecule has 0 atom stereocenters. The second-order valence-corrected chi connectivity index (χ2v) is 8.13. The van der Waals surface area contributed by atoms with Crippen LogP contribution in [0.15, 0.2) is 81.0 Å². The van der Waals surface area contributed by atoms with Gasteiger partial charge in [-0.15, -0.1) is 0 Å². The van der Waals surface area contributed by atoms with Crippen LogP contribution >= 0.6 is 0 Å². The fourth-order valence-electron chi connectivity index (χ4n) is 2.77. The summed E-state index contributed by atoms with van der Waals surface area (Å²) in [6.45, 7) is 1.70. The molecule has 1 N–H and O–H groups in total. The molecule has 0 fully saturated rings. The van der Waals surface area contributed by atoms with Crippen molar-refractivity contribution in [2.75, 3.05) is 5.32 Å². The molecule has 2 aromatic carbocycles. The molecule has 2 heterocycles. The molecule has 0 saturated heterocycles. The lowest BCUT2D eigenvalue weighted by atomic mass is 10.1. The number of rotatable bonds is 5. The minimum Gasteiger partial charge on any atom is -0.422 e. The zero-order chi connectivity index (χ0) is 22.0. The monoisotopic (exact) mass is 435 g/mol. The summed E-state index contributed by atoms with van der Waals surface area (Å²) in [6, 6.07) is 15.2. The van der Waals surface area contributed by atoms with Crippen LogP contribution in [0, 0.1) is 6.92 Å². The lowest BCUT2D eigenvalue weighted by Gasteiger charge is -2.14. The van der Waals surface area contributed by atoms with Crippen LogP contribution in [0.4, 0.5) is 11.6 Å². The number of aryl methyl sites for hydroxylation is 1. The van der Waals surface area contributed by atoms with E-state index >= 15 is 0 Å². The maximum atomic E-state index is 12.5. The predicted octanol–water partition coefficient (Wildman–Crippen LogP) is 3.54. The average molecular weight is 435 g/mol. The van der Waals surface area contributed by atoms with Crippen molar-refractivity contribution < 1.29 is 17.6 Å². The van der Waals surface area contributed by atoms with Crippen molar-refractivity contribution in [2.24, 2.45) is 0 Å². The first-order valence-electron chi connectivity index (χ1n) is 9.04. The van der Waals surface area contributed by atoms with Crippen LogP contribution in [-0.2, 0) is 10.0 Å². The molecule has 31 heavy (non-hydrogen) atoms. The van der Waals surface area contributed by atoms with Gasteiger partial charge in [0.2, 0.25) is 10.0 Å². The minimum atomic E-state index is -4.04. The highest BCUT2D eigenvalue weighted by atomic mass is 32.2. The first-order chi connectivity index (χ1) is 14.8. The molecule has 4 rings (SSSR count). The molecule has 0 aliphatic heterocycles. The number of hydrogen-bond donors (Lipinski definition) is 1. The number of aromatic nitrogens is 2. The number of para-hydroxylation sites is 1. The average Bonchev–Trinajstić information content (AvgIpc) is 2.73. The Balaban J connectivity index is 1.53. The molecular formula is C21H15N4O5S-. The lowest BCUT2D eigenvalue weighted by Crippen LogP contribution is -2.20. The molecular weight excluding hydrogens is 420 g/mol. The van der Waals surface area contributed by atoms with Crippen molar-refractivity contribution >= 4 is 38.5 Å². The van der Waals surface area contributed by atoms with Crippen LogP contribution < -0.4 is 10.9 Å². The molecule has 0 spiro atoms. The van der Waals surface area contributed by atoms with E-state index < -0.39 is 21.6 Å². The van der Waals surface area contributed by atoms with Crippen molar-refractivity contribution in [1.29, 1.82) is 0 Å². The normalized spacial score (nSPS) is 11.3. The molecule has 10 heteroatoms. The van der Waals surface area contributed by atoms with Crippen molar-refractivity contribution in [3.63, 3.8) is 0 Å². The zero-order valence-corrected chi connectivity index (χ0v) is 17.0. The second kappa shape index (κ2) is 8.00. The number of nitrogens with zero attached hydrogens (tertiary/aromatic N) is 3. The summed E-state index contributed by atoms with van der Waals surface area (Å²) in [7, 11) is -4.04.